The largest absolute Gasteiger partial charge is 0.362 e. The summed E-state index contributed by atoms with van der Waals surface area (Å²) in [7, 11) is 0. The molecule has 0 aliphatic heterocycles. The Labute approximate surface area is 117 Å². The van der Waals surface area contributed by atoms with E-state index in [4.69, 9.17) is 11.6 Å². The molecule has 0 saturated carbocycles. The highest BCUT2D eigenvalue weighted by Crippen LogP contribution is 2.20. The van der Waals surface area contributed by atoms with Crippen LogP contribution in [-0.4, -0.2) is 11.1 Å². The Balaban J connectivity index is 2.57. The molecule has 1 aromatic carbocycles. The Morgan fingerprint density at radius 3 is 2.44 bits per heavy atom. The van der Waals surface area contributed by atoms with E-state index in [9.17, 15) is 0 Å². The van der Waals surface area contributed by atoms with Crippen molar-refractivity contribution in [3.63, 3.8) is 0 Å². The van der Waals surface area contributed by atoms with Gasteiger partial charge in [-0.2, -0.15) is 0 Å². The SMILES string of the molecule is CCC(C)CCN(CI)c1ccc(Cl)cc1. The fourth-order valence-corrected chi connectivity index (χ4v) is 2.35. The van der Waals surface area contributed by atoms with Gasteiger partial charge in [0.2, 0.25) is 0 Å². The topological polar surface area (TPSA) is 3.24 Å². The van der Waals surface area contributed by atoms with Crippen LogP contribution in [0.25, 0.3) is 0 Å². The molecule has 0 aliphatic rings. The smallest absolute Gasteiger partial charge is 0.0699 e. The second-order valence-corrected chi connectivity index (χ2v) is 5.28. The summed E-state index contributed by atoms with van der Waals surface area (Å²) >= 11 is 8.30. The summed E-state index contributed by atoms with van der Waals surface area (Å²) in [5.41, 5.74) is 1.27. The second-order valence-electron chi connectivity index (χ2n) is 4.16. The van der Waals surface area contributed by atoms with Gasteiger partial charge in [0.05, 0.1) is 4.55 Å². The molecule has 0 amide bonds. The predicted molar refractivity (Wildman–Crippen MR) is 81.8 cm³/mol. The lowest BCUT2D eigenvalue weighted by Crippen LogP contribution is -2.23. The van der Waals surface area contributed by atoms with Gasteiger partial charge in [-0.05, 0) is 36.6 Å². The van der Waals surface area contributed by atoms with Gasteiger partial charge in [0, 0.05) is 17.3 Å². The zero-order chi connectivity index (χ0) is 12.0. The zero-order valence-corrected chi connectivity index (χ0v) is 12.8. The fourth-order valence-electron chi connectivity index (χ4n) is 1.49. The molecule has 1 unspecified atom stereocenters. The van der Waals surface area contributed by atoms with Gasteiger partial charge < -0.3 is 4.90 Å². The van der Waals surface area contributed by atoms with Gasteiger partial charge in [0.25, 0.3) is 0 Å². The second kappa shape index (κ2) is 7.38. The van der Waals surface area contributed by atoms with E-state index >= 15 is 0 Å². The van der Waals surface area contributed by atoms with Crippen LogP contribution in [0.4, 0.5) is 5.69 Å². The van der Waals surface area contributed by atoms with E-state index in [0.717, 1.165) is 22.0 Å². The minimum absolute atomic E-state index is 0.803. The van der Waals surface area contributed by atoms with Crippen molar-refractivity contribution in [1.82, 2.24) is 0 Å². The number of anilines is 1. The molecule has 0 heterocycles. The third-order valence-corrected chi connectivity index (χ3v) is 4.00. The molecule has 0 saturated heterocycles. The van der Waals surface area contributed by atoms with Gasteiger partial charge in [-0.3, -0.25) is 0 Å². The van der Waals surface area contributed by atoms with Crippen molar-refractivity contribution in [3.8, 4) is 0 Å². The first-order valence-electron chi connectivity index (χ1n) is 5.73. The van der Waals surface area contributed by atoms with E-state index in [1.807, 2.05) is 12.1 Å². The van der Waals surface area contributed by atoms with Crippen LogP contribution in [0, 0.1) is 5.92 Å². The van der Waals surface area contributed by atoms with Crippen LogP contribution < -0.4 is 4.90 Å². The lowest BCUT2D eigenvalue weighted by molar-refractivity contribution is 0.517. The van der Waals surface area contributed by atoms with Gasteiger partial charge >= 0.3 is 0 Å². The molecule has 16 heavy (non-hydrogen) atoms. The average Bonchev–Trinajstić information content (AvgIpc) is 2.31. The monoisotopic (exact) mass is 351 g/mol. The van der Waals surface area contributed by atoms with E-state index in [0.29, 0.717) is 0 Å². The maximum Gasteiger partial charge on any atom is 0.0699 e. The molecule has 1 nitrogen and oxygen atoms in total. The first-order chi connectivity index (χ1) is 7.67. The van der Waals surface area contributed by atoms with E-state index in [1.165, 1.54) is 18.5 Å². The molecule has 0 spiro atoms. The lowest BCUT2D eigenvalue weighted by Gasteiger charge is -2.23. The van der Waals surface area contributed by atoms with Crippen molar-refractivity contribution < 1.29 is 0 Å². The Morgan fingerprint density at radius 2 is 1.94 bits per heavy atom. The van der Waals surface area contributed by atoms with Crippen molar-refractivity contribution >= 4 is 39.9 Å². The molecular weight excluding hydrogens is 333 g/mol. The third kappa shape index (κ3) is 4.50. The van der Waals surface area contributed by atoms with Crippen LogP contribution in [-0.2, 0) is 0 Å². The van der Waals surface area contributed by atoms with E-state index in [-0.39, 0.29) is 0 Å². The van der Waals surface area contributed by atoms with Crippen molar-refractivity contribution in [2.24, 2.45) is 5.92 Å². The third-order valence-electron chi connectivity index (χ3n) is 2.92. The van der Waals surface area contributed by atoms with Gasteiger partial charge in [-0.15, -0.1) is 0 Å². The maximum absolute atomic E-state index is 5.89. The number of halogens is 2. The zero-order valence-electron chi connectivity index (χ0n) is 9.92. The molecular formula is C13H19ClIN. The van der Waals surface area contributed by atoms with Crippen LogP contribution in [0.15, 0.2) is 24.3 Å². The number of hydrogen-bond acceptors (Lipinski definition) is 1. The molecule has 0 N–H and O–H groups in total. The summed E-state index contributed by atoms with van der Waals surface area (Å²) in [6.45, 7) is 5.69. The lowest BCUT2D eigenvalue weighted by atomic mass is 10.1. The maximum atomic E-state index is 5.89. The molecule has 0 bridgehead atoms. The van der Waals surface area contributed by atoms with Crippen molar-refractivity contribution in [1.29, 1.82) is 0 Å². The molecule has 3 heteroatoms. The van der Waals surface area contributed by atoms with Crippen molar-refractivity contribution in [2.45, 2.75) is 26.7 Å². The molecule has 0 radical (unpaired) electrons. The summed E-state index contributed by atoms with van der Waals surface area (Å²) in [5.74, 6) is 0.803. The molecule has 1 aromatic rings. The van der Waals surface area contributed by atoms with Crippen LogP contribution in [0.5, 0.6) is 0 Å². The number of alkyl halides is 1. The minimum atomic E-state index is 0.803. The van der Waals surface area contributed by atoms with Gasteiger partial charge in [-0.1, -0.05) is 54.5 Å². The van der Waals surface area contributed by atoms with Crippen molar-refractivity contribution in [3.05, 3.63) is 29.3 Å². The normalized spacial score (nSPS) is 12.5. The number of hydrogen-bond donors (Lipinski definition) is 0. The molecule has 1 rings (SSSR count). The fraction of sp³-hybridized carbons (Fsp3) is 0.538. The number of nitrogens with zero attached hydrogens (tertiary/aromatic N) is 1. The van der Waals surface area contributed by atoms with Crippen LogP contribution in [0.3, 0.4) is 0 Å². The summed E-state index contributed by atoms with van der Waals surface area (Å²) in [5, 5.41) is 0.805. The molecule has 0 aromatic heterocycles. The van der Waals surface area contributed by atoms with E-state index in [2.05, 4.69) is 53.5 Å². The summed E-state index contributed by atoms with van der Waals surface area (Å²) in [4.78, 5) is 2.39. The summed E-state index contributed by atoms with van der Waals surface area (Å²) in [6, 6.07) is 8.11. The Kier molecular flexibility index (Phi) is 6.51. The highest BCUT2D eigenvalue weighted by molar-refractivity contribution is 14.1. The van der Waals surface area contributed by atoms with Crippen molar-refractivity contribution in [2.75, 3.05) is 16.0 Å². The first-order valence-corrected chi connectivity index (χ1v) is 7.64. The quantitative estimate of drug-likeness (QED) is 0.397. The predicted octanol–water partition coefficient (Wildman–Crippen LogP) is 4.98. The molecule has 90 valence electrons. The Hall–Kier alpha value is 0.0400. The Bertz CT molecular complexity index is 299. The van der Waals surface area contributed by atoms with Crippen LogP contribution in [0.1, 0.15) is 26.7 Å². The van der Waals surface area contributed by atoms with Gasteiger partial charge in [0.1, 0.15) is 0 Å². The average molecular weight is 352 g/mol. The summed E-state index contributed by atoms with van der Waals surface area (Å²) < 4.78 is 1.02. The highest BCUT2D eigenvalue weighted by atomic mass is 127. The Morgan fingerprint density at radius 1 is 1.31 bits per heavy atom. The number of rotatable bonds is 6. The van der Waals surface area contributed by atoms with E-state index in [1.54, 1.807) is 0 Å². The highest BCUT2D eigenvalue weighted by Gasteiger charge is 2.06. The van der Waals surface area contributed by atoms with Crippen LogP contribution >= 0.6 is 34.2 Å². The molecule has 1 atom stereocenters. The summed E-state index contributed by atoms with van der Waals surface area (Å²) in [6.07, 6.45) is 2.51. The molecule has 0 aliphatic carbocycles. The van der Waals surface area contributed by atoms with E-state index < -0.39 is 0 Å². The first kappa shape index (κ1) is 14.1. The number of benzene rings is 1. The van der Waals surface area contributed by atoms with Crippen LogP contribution in [0.2, 0.25) is 5.02 Å². The standard InChI is InChI=1S/C13H19ClIN/c1-3-11(2)8-9-16(10-15)13-6-4-12(14)5-7-13/h4-7,11H,3,8-10H2,1-2H3. The minimum Gasteiger partial charge on any atom is -0.362 e. The van der Waals surface area contributed by atoms with Gasteiger partial charge in [-0.25, -0.2) is 0 Å². The van der Waals surface area contributed by atoms with Gasteiger partial charge in [0.15, 0.2) is 0 Å². The molecule has 0 fully saturated rings.